The molecule has 2 aromatic heterocycles. The molecule has 1 aromatic carbocycles. The second-order valence-electron chi connectivity index (χ2n) is 7.74. The van der Waals surface area contributed by atoms with Gasteiger partial charge in [0.05, 0.1) is 0 Å². The molecule has 150 valence electrons. The molecule has 2 fully saturated rings. The van der Waals surface area contributed by atoms with Crippen molar-refractivity contribution >= 4 is 29.0 Å². The molecular formula is C22H24N4OS2. The molecule has 5 rings (SSSR count). The molecule has 1 saturated heterocycles. The largest absolute Gasteiger partial charge is 0.339 e. The van der Waals surface area contributed by atoms with Crippen LogP contribution in [0, 0.1) is 0 Å². The minimum atomic E-state index is 0.161. The summed E-state index contributed by atoms with van der Waals surface area (Å²) < 4.78 is 2.34. The van der Waals surface area contributed by atoms with Crippen LogP contribution >= 0.6 is 23.1 Å². The average Bonchev–Trinajstić information content (AvgIpc) is 3.17. The van der Waals surface area contributed by atoms with Crippen LogP contribution in [-0.4, -0.2) is 38.7 Å². The zero-order chi connectivity index (χ0) is 19.6. The van der Waals surface area contributed by atoms with Crippen molar-refractivity contribution in [3.8, 4) is 0 Å². The van der Waals surface area contributed by atoms with Crippen molar-refractivity contribution in [1.29, 1.82) is 0 Å². The van der Waals surface area contributed by atoms with Crippen molar-refractivity contribution in [3.63, 3.8) is 0 Å². The quantitative estimate of drug-likeness (QED) is 0.512. The summed E-state index contributed by atoms with van der Waals surface area (Å²) in [6.45, 7) is 1.78. The van der Waals surface area contributed by atoms with Gasteiger partial charge in [0.25, 0.3) is 5.91 Å². The molecule has 3 aromatic rings. The van der Waals surface area contributed by atoms with Gasteiger partial charge in [0.15, 0.2) is 5.16 Å². The molecule has 0 atom stereocenters. The van der Waals surface area contributed by atoms with E-state index in [0.29, 0.717) is 6.04 Å². The van der Waals surface area contributed by atoms with Gasteiger partial charge >= 0.3 is 0 Å². The highest BCUT2D eigenvalue weighted by atomic mass is 32.2. The van der Waals surface area contributed by atoms with E-state index in [2.05, 4.69) is 44.4 Å². The molecule has 1 aliphatic heterocycles. The number of nitrogens with zero attached hydrogens (tertiary/aromatic N) is 4. The van der Waals surface area contributed by atoms with E-state index in [1.54, 1.807) is 23.1 Å². The van der Waals surface area contributed by atoms with Gasteiger partial charge in [0, 0.05) is 41.7 Å². The van der Waals surface area contributed by atoms with Crippen LogP contribution in [0.5, 0.6) is 0 Å². The number of hydrogen-bond donors (Lipinski definition) is 0. The lowest BCUT2D eigenvalue weighted by molar-refractivity contribution is 0.0793. The van der Waals surface area contributed by atoms with E-state index in [4.69, 9.17) is 0 Å². The Kier molecular flexibility index (Phi) is 5.42. The van der Waals surface area contributed by atoms with Crippen molar-refractivity contribution in [2.24, 2.45) is 0 Å². The average molecular weight is 425 g/mol. The fourth-order valence-corrected chi connectivity index (χ4v) is 5.47. The Morgan fingerprint density at radius 2 is 1.90 bits per heavy atom. The molecule has 0 radical (unpaired) electrons. The summed E-state index contributed by atoms with van der Waals surface area (Å²) in [6.07, 6.45) is 5.54. The summed E-state index contributed by atoms with van der Waals surface area (Å²) in [7, 11) is 0. The van der Waals surface area contributed by atoms with Crippen LogP contribution in [0.2, 0.25) is 0 Å². The Morgan fingerprint density at radius 3 is 2.59 bits per heavy atom. The van der Waals surface area contributed by atoms with Gasteiger partial charge in [-0.3, -0.25) is 4.79 Å². The molecule has 1 amide bonds. The Balaban J connectivity index is 1.25. The van der Waals surface area contributed by atoms with Crippen LogP contribution in [0.3, 0.4) is 0 Å². The van der Waals surface area contributed by atoms with E-state index in [1.807, 2.05) is 17.0 Å². The number of carbonyl (C=O) groups excluding carboxylic acids is 1. The zero-order valence-electron chi connectivity index (χ0n) is 16.3. The molecule has 1 saturated carbocycles. The van der Waals surface area contributed by atoms with Gasteiger partial charge in [0.2, 0.25) is 0 Å². The van der Waals surface area contributed by atoms with Crippen LogP contribution in [0.1, 0.15) is 58.3 Å². The third-order valence-corrected chi connectivity index (χ3v) is 7.41. The SMILES string of the molecule is O=C(c1ccc(CSc2nnc(Cc3cccs3)n2C2CC2)cc1)N1CCCC1. The molecule has 29 heavy (non-hydrogen) atoms. The van der Waals surface area contributed by atoms with Gasteiger partial charge in [-0.15, -0.1) is 21.5 Å². The molecule has 3 heterocycles. The van der Waals surface area contributed by atoms with E-state index >= 15 is 0 Å². The van der Waals surface area contributed by atoms with E-state index in [9.17, 15) is 4.79 Å². The number of likely N-dealkylation sites (tertiary alicyclic amines) is 1. The number of thioether (sulfide) groups is 1. The maximum Gasteiger partial charge on any atom is 0.253 e. The third kappa shape index (κ3) is 4.26. The van der Waals surface area contributed by atoms with Crippen LogP contribution in [0.15, 0.2) is 46.9 Å². The van der Waals surface area contributed by atoms with Gasteiger partial charge in [-0.1, -0.05) is 30.0 Å². The minimum absolute atomic E-state index is 0.161. The molecule has 0 N–H and O–H groups in total. The fraction of sp³-hybridized carbons (Fsp3) is 0.409. The lowest BCUT2D eigenvalue weighted by Gasteiger charge is -2.15. The van der Waals surface area contributed by atoms with Crippen molar-refractivity contribution in [1.82, 2.24) is 19.7 Å². The van der Waals surface area contributed by atoms with Gasteiger partial charge in [-0.2, -0.15) is 0 Å². The number of thiophene rings is 1. The predicted molar refractivity (Wildman–Crippen MR) is 117 cm³/mol. The summed E-state index contributed by atoms with van der Waals surface area (Å²) in [4.78, 5) is 15.8. The standard InChI is InChI=1S/C22H24N4OS2/c27-21(25-11-1-2-12-25)17-7-5-16(6-8-17)15-29-22-24-23-20(26(22)18-9-10-18)14-19-4-3-13-28-19/h3-8,13,18H,1-2,9-12,14-15H2. The lowest BCUT2D eigenvalue weighted by Crippen LogP contribution is -2.27. The summed E-state index contributed by atoms with van der Waals surface area (Å²) in [6, 6.07) is 12.9. The normalized spacial score (nSPS) is 16.5. The van der Waals surface area contributed by atoms with Crippen LogP contribution in [0.25, 0.3) is 0 Å². The molecule has 1 aliphatic carbocycles. The summed E-state index contributed by atoms with van der Waals surface area (Å²) in [5, 5.41) is 12.1. The van der Waals surface area contributed by atoms with Crippen molar-refractivity contribution in [3.05, 3.63) is 63.6 Å². The lowest BCUT2D eigenvalue weighted by atomic mass is 10.1. The summed E-state index contributed by atoms with van der Waals surface area (Å²) in [5.41, 5.74) is 2.00. The van der Waals surface area contributed by atoms with Crippen LogP contribution in [0.4, 0.5) is 0 Å². The zero-order valence-corrected chi connectivity index (χ0v) is 17.9. The third-order valence-electron chi connectivity index (χ3n) is 5.52. The van der Waals surface area contributed by atoms with Gasteiger partial charge in [-0.05, 0) is 54.8 Å². The summed E-state index contributed by atoms with van der Waals surface area (Å²) >= 11 is 3.51. The van der Waals surface area contributed by atoms with Crippen molar-refractivity contribution < 1.29 is 4.79 Å². The Bertz CT molecular complexity index is 971. The first kappa shape index (κ1) is 18.9. The molecule has 0 bridgehead atoms. The maximum absolute atomic E-state index is 12.5. The van der Waals surface area contributed by atoms with Gasteiger partial charge < -0.3 is 9.47 Å². The molecule has 2 aliphatic rings. The highest BCUT2D eigenvalue weighted by Gasteiger charge is 2.29. The van der Waals surface area contributed by atoms with Crippen LogP contribution in [-0.2, 0) is 12.2 Å². The van der Waals surface area contributed by atoms with E-state index in [0.717, 1.165) is 54.6 Å². The number of amides is 1. The highest BCUT2D eigenvalue weighted by molar-refractivity contribution is 7.98. The smallest absolute Gasteiger partial charge is 0.253 e. The van der Waals surface area contributed by atoms with Crippen LogP contribution < -0.4 is 0 Å². The first-order valence-corrected chi connectivity index (χ1v) is 12.1. The molecule has 0 unspecified atom stereocenters. The fourth-order valence-electron chi connectivity index (χ4n) is 3.79. The van der Waals surface area contributed by atoms with Crippen molar-refractivity contribution in [2.45, 2.75) is 49.1 Å². The summed E-state index contributed by atoms with van der Waals surface area (Å²) in [5.74, 6) is 2.07. The first-order valence-electron chi connectivity index (χ1n) is 10.2. The molecular weight excluding hydrogens is 400 g/mol. The molecule has 0 spiro atoms. The first-order chi connectivity index (χ1) is 14.3. The van der Waals surface area contributed by atoms with Crippen molar-refractivity contribution in [2.75, 3.05) is 13.1 Å². The predicted octanol–water partition coefficient (Wildman–Crippen LogP) is 4.79. The second kappa shape index (κ2) is 8.32. The van der Waals surface area contributed by atoms with Gasteiger partial charge in [-0.25, -0.2) is 0 Å². The Morgan fingerprint density at radius 1 is 1.10 bits per heavy atom. The van der Waals surface area contributed by atoms with E-state index in [1.165, 1.54) is 23.3 Å². The molecule has 7 heteroatoms. The topological polar surface area (TPSA) is 51.0 Å². The monoisotopic (exact) mass is 424 g/mol. The molecule has 5 nitrogen and oxygen atoms in total. The number of carbonyl (C=O) groups is 1. The van der Waals surface area contributed by atoms with Gasteiger partial charge in [0.1, 0.15) is 5.82 Å². The number of rotatable bonds is 7. The van der Waals surface area contributed by atoms with E-state index in [-0.39, 0.29) is 5.91 Å². The second-order valence-corrected chi connectivity index (χ2v) is 9.72. The minimum Gasteiger partial charge on any atom is -0.339 e. The Labute approximate surface area is 179 Å². The highest BCUT2D eigenvalue weighted by Crippen LogP contribution is 2.39. The number of benzene rings is 1. The Hall–Kier alpha value is -2.12. The maximum atomic E-state index is 12.5. The number of hydrogen-bond acceptors (Lipinski definition) is 5. The van der Waals surface area contributed by atoms with E-state index < -0.39 is 0 Å². The number of aromatic nitrogens is 3.